The Kier molecular flexibility index (Phi) is 9.07. The van der Waals surface area contributed by atoms with Gasteiger partial charge in [0, 0.05) is 18.7 Å². The molecule has 3 aromatic carbocycles. The molecule has 0 aliphatic carbocycles. The molecule has 13 heteroatoms. The van der Waals surface area contributed by atoms with Crippen LogP contribution < -0.4 is 8.92 Å². The predicted molar refractivity (Wildman–Crippen MR) is 133 cm³/mol. The second-order valence-electron chi connectivity index (χ2n) is 9.21. The van der Waals surface area contributed by atoms with E-state index in [4.69, 9.17) is 8.92 Å². The van der Waals surface area contributed by atoms with E-state index in [9.17, 15) is 39.6 Å². The topological polar surface area (TPSA) is 72.9 Å². The Bertz CT molecular complexity index is 1470. The molecule has 0 aromatic heterocycles. The van der Waals surface area contributed by atoms with E-state index in [2.05, 4.69) is 0 Å². The van der Waals surface area contributed by atoms with Gasteiger partial charge in [-0.05, 0) is 60.0 Å². The van der Waals surface area contributed by atoms with Crippen LogP contribution in [0.15, 0.2) is 71.6 Å². The lowest BCUT2D eigenvalue weighted by atomic mass is 10.1. The maximum Gasteiger partial charge on any atom is 0.416 e. The molecule has 0 unspecified atom stereocenters. The Hall–Kier alpha value is -3.74. The molecule has 0 saturated heterocycles. The number of methoxy groups -OCH3 is 1. The summed E-state index contributed by atoms with van der Waals surface area (Å²) in [5.74, 6) is -1.17. The molecule has 0 spiro atoms. The highest BCUT2D eigenvalue weighted by atomic mass is 32.2. The Morgan fingerprint density at radius 1 is 0.850 bits per heavy atom. The number of carbonyl (C=O) groups is 1. The molecular formula is C27H25F6NO5S. The fourth-order valence-electron chi connectivity index (χ4n) is 3.77. The summed E-state index contributed by atoms with van der Waals surface area (Å²) in [6.45, 7) is 3.62. The van der Waals surface area contributed by atoms with Gasteiger partial charge in [0.25, 0.3) is 5.91 Å². The summed E-state index contributed by atoms with van der Waals surface area (Å²) < 4.78 is 115. The molecule has 40 heavy (non-hydrogen) atoms. The standard InChI is InChI=1S/C27H25F6NO5S/c1-17(2)15-34(25(35)19-6-4-7-20(13-19)26(28,29)30)16-18-10-11-23(38-3)24(12-18)39-40(36,37)22-9-5-8-21(14-22)27(31,32)33/h4-14,17H,15-16H2,1-3H3. The van der Waals surface area contributed by atoms with Crippen molar-refractivity contribution in [2.75, 3.05) is 13.7 Å². The number of halogens is 6. The van der Waals surface area contributed by atoms with E-state index in [1.807, 2.05) is 0 Å². The van der Waals surface area contributed by atoms with Crippen LogP contribution in [0.3, 0.4) is 0 Å². The molecule has 0 bridgehead atoms. The van der Waals surface area contributed by atoms with Crippen molar-refractivity contribution in [2.24, 2.45) is 5.92 Å². The third kappa shape index (κ3) is 7.68. The lowest BCUT2D eigenvalue weighted by molar-refractivity contribution is -0.138. The molecule has 0 heterocycles. The number of hydrogen-bond acceptors (Lipinski definition) is 5. The number of benzene rings is 3. The zero-order valence-corrected chi connectivity index (χ0v) is 22.3. The van der Waals surface area contributed by atoms with Crippen molar-refractivity contribution >= 4 is 16.0 Å². The van der Waals surface area contributed by atoms with Crippen LogP contribution in [-0.4, -0.2) is 32.9 Å². The van der Waals surface area contributed by atoms with E-state index in [1.54, 1.807) is 13.8 Å². The van der Waals surface area contributed by atoms with Gasteiger partial charge in [0.2, 0.25) is 0 Å². The van der Waals surface area contributed by atoms with Crippen molar-refractivity contribution in [1.29, 1.82) is 0 Å². The van der Waals surface area contributed by atoms with Gasteiger partial charge < -0.3 is 13.8 Å². The lowest BCUT2D eigenvalue weighted by Crippen LogP contribution is -2.34. The number of ether oxygens (including phenoxy) is 1. The monoisotopic (exact) mass is 589 g/mol. The molecule has 0 saturated carbocycles. The first kappa shape index (κ1) is 30.8. The van der Waals surface area contributed by atoms with E-state index < -0.39 is 44.4 Å². The number of rotatable bonds is 9. The van der Waals surface area contributed by atoms with E-state index in [-0.39, 0.29) is 36.1 Å². The summed E-state index contributed by atoms with van der Waals surface area (Å²) in [5.41, 5.74) is -2.03. The fourth-order valence-corrected chi connectivity index (χ4v) is 4.75. The molecule has 0 atom stereocenters. The second-order valence-corrected chi connectivity index (χ2v) is 10.8. The molecular weight excluding hydrogens is 564 g/mol. The van der Waals surface area contributed by atoms with Gasteiger partial charge in [-0.25, -0.2) is 0 Å². The van der Waals surface area contributed by atoms with Crippen LogP contribution in [-0.2, 0) is 29.0 Å². The third-order valence-electron chi connectivity index (χ3n) is 5.56. The molecule has 0 fully saturated rings. The van der Waals surface area contributed by atoms with Crippen molar-refractivity contribution < 1.29 is 48.5 Å². The van der Waals surface area contributed by atoms with Crippen LogP contribution in [0.5, 0.6) is 11.5 Å². The Morgan fingerprint density at radius 2 is 1.45 bits per heavy atom. The minimum Gasteiger partial charge on any atom is -0.493 e. The normalized spacial score (nSPS) is 12.3. The van der Waals surface area contributed by atoms with Gasteiger partial charge in [0.15, 0.2) is 11.5 Å². The SMILES string of the molecule is COc1ccc(CN(CC(C)C)C(=O)c2cccc(C(F)(F)F)c2)cc1OS(=O)(=O)c1cccc(C(F)(F)F)c1. The lowest BCUT2D eigenvalue weighted by Gasteiger charge is -2.25. The van der Waals surface area contributed by atoms with Gasteiger partial charge in [-0.3, -0.25) is 4.79 Å². The Balaban J connectivity index is 1.94. The molecule has 216 valence electrons. The molecule has 0 aliphatic heterocycles. The maximum atomic E-state index is 13.2. The maximum absolute atomic E-state index is 13.2. The van der Waals surface area contributed by atoms with Crippen molar-refractivity contribution in [2.45, 2.75) is 37.6 Å². The second kappa shape index (κ2) is 11.8. The first-order chi connectivity index (χ1) is 18.5. The number of amides is 1. The van der Waals surface area contributed by atoms with Crippen LogP contribution in [0.4, 0.5) is 26.3 Å². The van der Waals surface area contributed by atoms with Gasteiger partial charge in [0.05, 0.1) is 18.2 Å². The molecule has 3 rings (SSSR count). The molecule has 0 N–H and O–H groups in total. The zero-order chi connectivity index (χ0) is 29.9. The average molecular weight is 590 g/mol. The quantitative estimate of drug-likeness (QED) is 0.203. The summed E-state index contributed by atoms with van der Waals surface area (Å²) in [5, 5.41) is 0. The third-order valence-corrected chi connectivity index (χ3v) is 6.79. The predicted octanol–water partition coefficient (Wildman–Crippen LogP) is 6.80. The van der Waals surface area contributed by atoms with Gasteiger partial charge in [0.1, 0.15) is 4.90 Å². The van der Waals surface area contributed by atoms with Crippen LogP contribution in [0.1, 0.15) is 40.9 Å². The Morgan fingerprint density at radius 3 is 2.02 bits per heavy atom. The van der Waals surface area contributed by atoms with Crippen molar-refractivity contribution in [1.82, 2.24) is 4.90 Å². The number of carbonyl (C=O) groups excluding carboxylic acids is 1. The van der Waals surface area contributed by atoms with Crippen molar-refractivity contribution in [3.63, 3.8) is 0 Å². The molecule has 1 amide bonds. The summed E-state index contributed by atoms with van der Waals surface area (Å²) in [4.78, 5) is 13.8. The summed E-state index contributed by atoms with van der Waals surface area (Å²) in [6.07, 6.45) is -9.43. The van der Waals surface area contributed by atoms with E-state index in [0.29, 0.717) is 17.7 Å². The van der Waals surface area contributed by atoms with Gasteiger partial charge in [-0.15, -0.1) is 0 Å². The van der Waals surface area contributed by atoms with Gasteiger partial charge in [-0.1, -0.05) is 32.0 Å². The number of hydrogen-bond donors (Lipinski definition) is 0. The van der Waals surface area contributed by atoms with Crippen LogP contribution in [0, 0.1) is 5.92 Å². The van der Waals surface area contributed by atoms with Gasteiger partial charge >= 0.3 is 22.5 Å². The minimum absolute atomic E-state index is 0.0566. The van der Waals surface area contributed by atoms with Crippen molar-refractivity contribution in [3.05, 3.63) is 89.0 Å². The molecule has 6 nitrogen and oxygen atoms in total. The average Bonchev–Trinajstić information content (AvgIpc) is 2.87. The van der Waals surface area contributed by atoms with Gasteiger partial charge in [-0.2, -0.15) is 34.8 Å². The fraction of sp³-hybridized carbons (Fsp3) is 0.296. The molecule has 3 aromatic rings. The highest BCUT2D eigenvalue weighted by Crippen LogP contribution is 2.34. The first-order valence-corrected chi connectivity index (χ1v) is 13.2. The minimum atomic E-state index is -4.78. The summed E-state index contributed by atoms with van der Waals surface area (Å²) in [6, 6.07) is 11.1. The highest BCUT2D eigenvalue weighted by molar-refractivity contribution is 7.87. The van der Waals surface area contributed by atoms with E-state index in [0.717, 1.165) is 30.3 Å². The number of alkyl halides is 6. The van der Waals surface area contributed by atoms with Crippen molar-refractivity contribution in [3.8, 4) is 11.5 Å². The number of nitrogens with zero attached hydrogens (tertiary/aromatic N) is 1. The van der Waals surface area contributed by atoms with Crippen LogP contribution >= 0.6 is 0 Å². The zero-order valence-electron chi connectivity index (χ0n) is 21.5. The molecule has 0 aliphatic rings. The van der Waals surface area contributed by atoms with Crippen LogP contribution in [0.25, 0.3) is 0 Å². The first-order valence-electron chi connectivity index (χ1n) is 11.8. The van der Waals surface area contributed by atoms with E-state index in [1.165, 1.54) is 36.3 Å². The van der Waals surface area contributed by atoms with Crippen LogP contribution in [0.2, 0.25) is 0 Å². The highest BCUT2D eigenvalue weighted by Gasteiger charge is 2.33. The Labute approximate surface area is 227 Å². The summed E-state index contributed by atoms with van der Waals surface area (Å²) >= 11 is 0. The largest absolute Gasteiger partial charge is 0.493 e. The smallest absolute Gasteiger partial charge is 0.416 e. The van der Waals surface area contributed by atoms with E-state index >= 15 is 0 Å². The summed E-state index contributed by atoms with van der Waals surface area (Å²) in [7, 11) is -3.51. The molecule has 0 radical (unpaired) electrons.